The lowest BCUT2D eigenvalue weighted by Crippen LogP contribution is -2.30. The van der Waals surface area contributed by atoms with Gasteiger partial charge in [-0.1, -0.05) is 13.8 Å². The van der Waals surface area contributed by atoms with E-state index in [1.807, 2.05) is 13.8 Å². The number of aromatic nitrogens is 2. The SMILES string of the molecule is CC(C)[C@H](CO)Nc1nc(Cl)nc2c1[S+]([O-])CC2. The van der Waals surface area contributed by atoms with E-state index in [1.54, 1.807) is 0 Å². The van der Waals surface area contributed by atoms with Crippen LogP contribution in [0.2, 0.25) is 5.28 Å². The van der Waals surface area contributed by atoms with Crippen LogP contribution in [0.3, 0.4) is 0 Å². The number of nitrogens with zero attached hydrogens (tertiary/aromatic N) is 2. The van der Waals surface area contributed by atoms with Gasteiger partial charge in [-0.3, -0.25) is 0 Å². The first-order valence-electron chi connectivity index (χ1n) is 5.85. The minimum atomic E-state index is -1.08. The first kappa shape index (κ1) is 13.9. The molecule has 18 heavy (non-hydrogen) atoms. The number of fused-ring (bicyclic) bond motifs is 1. The van der Waals surface area contributed by atoms with Gasteiger partial charge in [-0.15, -0.1) is 0 Å². The molecule has 7 heteroatoms. The lowest BCUT2D eigenvalue weighted by molar-refractivity contribution is 0.248. The molecule has 0 spiro atoms. The van der Waals surface area contributed by atoms with Crippen LogP contribution >= 0.6 is 11.6 Å². The molecule has 0 radical (unpaired) electrons. The highest BCUT2D eigenvalue weighted by Crippen LogP contribution is 2.32. The van der Waals surface area contributed by atoms with Gasteiger partial charge in [0.15, 0.2) is 5.82 Å². The van der Waals surface area contributed by atoms with E-state index < -0.39 is 11.2 Å². The standard InChI is InChI=1S/C11H16ClN3O2S/c1-6(2)8(5-16)13-10-9-7(3-4-18(9)17)14-11(12)15-10/h6,8,16H,3-5H2,1-2H3,(H,13,14,15)/t8-,18?/m0/s1. The van der Waals surface area contributed by atoms with Crippen LogP contribution in [0.4, 0.5) is 5.82 Å². The molecule has 1 aliphatic rings. The average Bonchev–Trinajstić information content (AvgIpc) is 2.67. The van der Waals surface area contributed by atoms with Crippen molar-refractivity contribution in [1.82, 2.24) is 9.97 Å². The molecule has 2 atom stereocenters. The first-order chi connectivity index (χ1) is 8.52. The van der Waals surface area contributed by atoms with Crippen molar-refractivity contribution in [2.45, 2.75) is 31.2 Å². The fourth-order valence-corrected chi connectivity index (χ4v) is 3.36. The van der Waals surface area contributed by atoms with Crippen molar-refractivity contribution in [2.24, 2.45) is 5.92 Å². The number of nitrogens with one attached hydrogen (secondary N) is 1. The minimum absolute atomic E-state index is 0.0132. The Morgan fingerprint density at radius 2 is 2.22 bits per heavy atom. The Hall–Kier alpha value is -0.560. The van der Waals surface area contributed by atoms with Gasteiger partial charge >= 0.3 is 0 Å². The molecule has 0 saturated carbocycles. The van der Waals surface area contributed by atoms with Gasteiger partial charge in [0, 0.05) is 6.42 Å². The summed E-state index contributed by atoms with van der Waals surface area (Å²) in [6, 6.07) is -0.141. The second-order valence-corrected chi connectivity index (χ2v) is 6.44. The number of aliphatic hydroxyl groups is 1. The number of hydrogen-bond donors (Lipinski definition) is 2. The van der Waals surface area contributed by atoms with Gasteiger partial charge in [-0.05, 0) is 28.7 Å². The maximum absolute atomic E-state index is 11.9. The Labute approximate surface area is 114 Å². The lowest BCUT2D eigenvalue weighted by Gasteiger charge is -2.21. The molecule has 0 fully saturated rings. The van der Waals surface area contributed by atoms with Crippen LogP contribution < -0.4 is 5.32 Å². The summed E-state index contributed by atoms with van der Waals surface area (Å²) < 4.78 is 11.9. The van der Waals surface area contributed by atoms with E-state index in [0.29, 0.717) is 22.9 Å². The third-order valence-corrected chi connectivity index (χ3v) is 4.61. The number of rotatable bonds is 4. The highest BCUT2D eigenvalue weighted by atomic mass is 35.5. The molecular formula is C11H16ClN3O2S. The van der Waals surface area contributed by atoms with Crippen molar-refractivity contribution in [3.05, 3.63) is 11.0 Å². The molecular weight excluding hydrogens is 274 g/mol. The lowest BCUT2D eigenvalue weighted by atomic mass is 10.1. The second-order valence-electron chi connectivity index (χ2n) is 4.59. The minimum Gasteiger partial charge on any atom is -0.611 e. The summed E-state index contributed by atoms with van der Waals surface area (Å²) in [6.45, 7) is 3.97. The van der Waals surface area contributed by atoms with Gasteiger partial charge < -0.3 is 15.0 Å². The molecule has 0 amide bonds. The van der Waals surface area contributed by atoms with E-state index in [9.17, 15) is 9.66 Å². The predicted molar refractivity (Wildman–Crippen MR) is 71.4 cm³/mol. The molecule has 5 nitrogen and oxygen atoms in total. The Bertz CT molecular complexity index is 445. The summed E-state index contributed by atoms with van der Waals surface area (Å²) in [5.41, 5.74) is 0.747. The van der Waals surface area contributed by atoms with Crippen molar-refractivity contribution in [3.63, 3.8) is 0 Å². The van der Waals surface area contributed by atoms with E-state index in [4.69, 9.17) is 11.6 Å². The number of hydrogen-bond acceptors (Lipinski definition) is 5. The fraction of sp³-hybridized carbons (Fsp3) is 0.636. The van der Waals surface area contributed by atoms with Gasteiger partial charge in [0.05, 0.1) is 12.6 Å². The Kier molecular flexibility index (Phi) is 4.32. The van der Waals surface area contributed by atoms with E-state index in [2.05, 4.69) is 15.3 Å². The molecule has 0 aliphatic carbocycles. The Morgan fingerprint density at radius 1 is 1.50 bits per heavy atom. The Morgan fingerprint density at radius 3 is 2.83 bits per heavy atom. The molecule has 0 saturated heterocycles. The van der Waals surface area contributed by atoms with Crippen molar-refractivity contribution in [2.75, 3.05) is 17.7 Å². The zero-order valence-electron chi connectivity index (χ0n) is 10.3. The van der Waals surface area contributed by atoms with Crippen LogP contribution in [-0.4, -0.2) is 38.0 Å². The molecule has 0 aromatic carbocycles. The highest BCUT2D eigenvalue weighted by molar-refractivity contribution is 7.91. The van der Waals surface area contributed by atoms with Crippen molar-refractivity contribution < 1.29 is 9.66 Å². The maximum Gasteiger partial charge on any atom is 0.224 e. The first-order valence-corrected chi connectivity index (χ1v) is 7.54. The zero-order chi connectivity index (χ0) is 13.3. The third-order valence-electron chi connectivity index (χ3n) is 2.98. The van der Waals surface area contributed by atoms with Gasteiger partial charge in [-0.25, -0.2) is 4.98 Å². The van der Waals surface area contributed by atoms with Crippen LogP contribution in [0.15, 0.2) is 4.90 Å². The van der Waals surface area contributed by atoms with E-state index in [0.717, 1.165) is 5.69 Å². The number of aryl methyl sites for hydroxylation is 1. The molecule has 0 bridgehead atoms. The van der Waals surface area contributed by atoms with Gasteiger partial charge in [0.2, 0.25) is 10.2 Å². The average molecular weight is 290 g/mol. The van der Waals surface area contributed by atoms with Crippen LogP contribution in [-0.2, 0) is 17.6 Å². The van der Waals surface area contributed by atoms with Crippen LogP contribution in [0.1, 0.15) is 19.5 Å². The normalized spacial score (nSPS) is 20.0. The van der Waals surface area contributed by atoms with E-state index in [1.165, 1.54) is 0 Å². The number of anilines is 1. The van der Waals surface area contributed by atoms with Crippen molar-refractivity contribution in [3.8, 4) is 0 Å². The highest BCUT2D eigenvalue weighted by Gasteiger charge is 2.32. The van der Waals surface area contributed by atoms with Crippen molar-refractivity contribution in [1.29, 1.82) is 0 Å². The summed E-state index contributed by atoms with van der Waals surface area (Å²) in [5, 5.41) is 12.6. The summed E-state index contributed by atoms with van der Waals surface area (Å²) in [6.07, 6.45) is 0.657. The zero-order valence-corrected chi connectivity index (χ0v) is 11.9. The molecule has 1 aromatic rings. The molecule has 2 N–H and O–H groups in total. The molecule has 2 heterocycles. The number of halogens is 1. The summed E-state index contributed by atoms with van der Waals surface area (Å²) in [4.78, 5) is 8.84. The topological polar surface area (TPSA) is 81.1 Å². The number of aliphatic hydroxyl groups excluding tert-OH is 1. The van der Waals surface area contributed by atoms with Gasteiger partial charge in [0.1, 0.15) is 11.4 Å². The molecule has 1 aromatic heterocycles. The van der Waals surface area contributed by atoms with Crippen molar-refractivity contribution >= 4 is 28.6 Å². The van der Waals surface area contributed by atoms with Gasteiger partial charge in [0.25, 0.3) is 0 Å². The Balaban J connectivity index is 2.33. The second kappa shape index (κ2) is 5.61. The van der Waals surface area contributed by atoms with Gasteiger partial charge in [-0.2, -0.15) is 4.98 Å². The third kappa shape index (κ3) is 2.71. The predicted octanol–water partition coefficient (Wildman–Crippen LogP) is 1.22. The summed E-state index contributed by atoms with van der Waals surface area (Å²) in [7, 11) is 0. The molecule has 100 valence electrons. The quantitative estimate of drug-likeness (QED) is 0.643. The maximum atomic E-state index is 11.9. The van der Waals surface area contributed by atoms with Crippen LogP contribution in [0, 0.1) is 5.92 Å². The van der Waals surface area contributed by atoms with E-state index >= 15 is 0 Å². The van der Waals surface area contributed by atoms with E-state index in [-0.39, 0.29) is 23.9 Å². The molecule has 2 rings (SSSR count). The molecule has 1 aliphatic heterocycles. The summed E-state index contributed by atoms with van der Waals surface area (Å²) in [5.74, 6) is 1.28. The molecule has 1 unspecified atom stereocenters. The van der Waals surface area contributed by atoms with Crippen LogP contribution in [0.5, 0.6) is 0 Å². The monoisotopic (exact) mass is 289 g/mol. The summed E-state index contributed by atoms with van der Waals surface area (Å²) >= 11 is 4.78. The fourth-order valence-electron chi connectivity index (χ4n) is 1.86. The smallest absolute Gasteiger partial charge is 0.224 e. The van der Waals surface area contributed by atoms with Crippen LogP contribution in [0.25, 0.3) is 0 Å². The largest absolute Gasteiger partial charge is 0.611 e.